The minimum Gasteiger partial charge on any atom is -0.321 e. The maximum absolute atomic E-state index is 12.5. The quantitative estimate of drug-likeness (QED) is 0.862. The summed E-state index contributed by atoms with van der Waals surface area (Å²) in [6, 6.07) is 11.0. The molecular formula is C18H19NO2. The summed E-state index contributed by atoms with van der Waals surface area (Å²) in [6.07, 6.45) is 0. The van der Waals surface area contributed by atoms with Crippen LogP contribution >= 0.6 is 0 Å². The monoisotopic (exact) mass is 281 g/mol. The van der Waals surface area contributed by atoms with Crippen LogP contribution in [0.15, 0.2) is 36.4 Å². The molecule has 0 atom stereocenters. The van der Waals surface area contributed by atoms with Gasteiger partial charge in [-0.15, -0.1) is 0 Å². The van der Waals surface area contributed by atoms with E-state index in [-0.39, 0.29) is 11.7 Å². The number of carbonyl (C=O) groups excluding carboxylic acids is 2. The van der Waals surface area contributed by atoms with Crippen molar-refractivity contribution >= 4 is 17.4 Å². The third kappa shape index (κ3) is 3.19. The summed E-state index contributed by atoms with van der Waals surface area (Å²) in [4.78, 5) is 24.1. The van der Waals surface area contributed by atoms with Gasteiger partial charge in [0, 0.05) is 11.1 Å². The number of carbonyl (C=O) groups is 2. The zero-order valence-corrected chi connectivity index (χ0v) is 12.8. The third-order valence-electron chi connectivity index (χ3n) is 3.46. The second-order valence-corrected chi connectivity index (χ2v) is 5.33. The van der Waals surface area contributed by atoms with E-state index in [1.54, 1.807) is 24.3 Å². The van der Waals surface area contributed by atoms with E-state index < -0.39 is 0 Å². The Kier molecular flexibility index (Phi) is 4.22. The fraction of sp³-hybridized carbons (Fsp3) is 0.222. The van der Waals surface area contributed by atoms with E-state index in [0.29, 0.717) is 16.8 Å². The van der Waals surface area contributed by atoms with Crippen LogP contribution < -0.4 is 5.32 Å². The Morgan fingerprint density at radius 2 is 1.52 bits per heavy atom. The van der Waals surface area contributed by atoms with Crippen LogP contribution in [0.1, 0.15) is 44.3 Å². The highest BCUT2D eigenvalue weighted by atomic mass is 16.1. The molecule has 1 N–H and O–H groups in total. The van der Waals surface area contributed by atoms with Gasteiger partial charge in [0.15, 0.2) is 5.78 Å². The van der Waals surface area contributed by atoms with Gasteiger partial charge in [-0.3, -0.25) is 9.59 Å². The smallest absolute Gasteiger partial charge is 0.256 e. The Bertz CT molecular complexity index is 694. The summed E-state index contributed by atoms with van der Waals surface area (Å²) in [5, 5.41) is 2.85. The second kappa shape index (κ2) is 5.92. The van der Waals surface area contributed by atoms with Crippen molar-refractivity contribution < 1.29 is 9.59 Å². The molecule has 0 bridgehead atoms. The zero-order chi connectivity index (χ0) is 15.6. The molecule has 0 aliphatic carbocycles. The van der Waals surface area contributed by atoms with Crippen molar-refractivity contribution in [3.8, 4) is 0 Å². The summed E-state index contributed by atoms with van der Waals surface area (Å²) in [7, 11) is 0. The molecule has 0 unspecified atom stereocenters. The number of benzene rings is 2. The first-order valence-electron chi connectivity index (χ1n) is 6.89. The van der Waals surface area contributed by atoms with Crippen LogP contribution in [0.25, 0.3) is 0 Å². The number of hydrogen-bond donors (Lipinski definition) is 1. The Balaban J connectivity index is 2.38. The molecule has 1 amide bonds. The van der Waals surface area contributed by atoms with Gasteiger partial charge in [-0.05, 0) is 51.0 Å². The molecule has 21 heavy (non-hydrogen) atoms. The van der Waals surface area contributed by atoms with Crippen molar-refractivity contribution in [2.24, 2.45) is 0 Å². The summed E-state index contributed by atoms with van der Waals surface area (Å²) in [6.45, 7) is 7.34. The van der Waals surface area contributed by atoms with Crippen LogP contribution in [0, 0.1) is 20.8 Å². The van der Waals surface area contributed by atoms with E-state index in [9.17, 15) is 9.59 Å². The maximum Gasteiger partial charge on any atom is 0.256 e. The lowest BCUT2D eigenvalue weighted by molar-refractivity contribution is 0.101. The van der Waals surface area contributed by atoms with E-state index in [2.05, 4.69) is 5.32 Å². The van der Waals surface area contributed by atoms with Crippen LogP contribution in [-0.4, -0.2) is 11.7 Å². The van der Waals surface area contributed by atoms with Crippen molar-refractivity contribution in [2.75, 3.05) is 5.32 Å². The van der Waals surface area contributed by atoms with Gasteiger partial charge in [0.05, 0.1) is 5.69 Å². The fourth-order valence-electron chi connectivity index (χ4n) is 2.62. The van der Waals surface area contributed by atoms with Crippen LogP contribution in [-0.2, 0) is 0 Å². The minimum absolute atomic E-state index is 0.0664. The molecule has 0 aliphatic rings. The molecule has 2 aromatic rings. The second-order valence-electron chi connectivity index (χ2n) is 5.33. The highest BCUT2D eigenvalue weighted by Gasteiger charge is 2.15. The molecule has 2 rings (SSSR count). The predicted molar refractivity (Wildman–Crippen MR) is 85.1 cm³/mol. The predicted octanol–water partition coefficient (Wildman–Crippen LogP) is 4.07. The average Bonchev–Trinajstić information content (AvgIpc) is 2.37. The number of anilines is 1. The first kappa shape index (κ1) is 15.0. The summed E-state index contributed by atoms with van der Waals surface area (Å²) < 4.78 is 0. The van der Waals surface area contributed by atoms with Gasteiger partial charge in [0.2, 0.25) is 0 Å². The van der Waals surface area contributed by atoms with Gasteiger partial charge in [-0.1, -0.05) is 29.8 Å². The molecule has 0 heterocycles. The summed E-state index contributed by atoms with van der Waals surface area (Å²) in [5.74, 6) is -0.248. The third-order valence-corrected chi connectivity index (χ3v) is 3.46. The molecule has 0 radical (unpaired) electrons. The first-order valence-corrected chi connectivity index (χ1v) is 6.89. The molecule has 0 spiro atoms. The van der Waals surface area contributed by atoms with Crippen molar-refractivity contribution in [3.63, 3.8) is 0 Å². The molecule has 3 heteroatoms. The largest absolute Gasteiger partial charge is 0.321 e. The van der Waals surface area contributed by atoms with Crippen molar-refractivity contribution in [2.45, 2.75) is 27.7 Å². The molecule has 3 nitrogen and oxygen atoms in total. The van der Waals surface area contributed by atoms with E-state index in [1.165, 1.54) is 6.92 Å². The van der Waals surface area contributed by atoms with E-state index in [4.69, 9.17) is 0 Å². The number of Topliss-reactive ketones (excluding diaryl/α,β-unsaturated/α-hetero) is 1. The molecular weight excluding hydrogens is 262 g/mol. The molecule has 0 aromatic heterocycles. The van der Waals surface area contributed by atoms with Crippen LogP contribution in [0.4, 0.5) is 5.69 Å². The number of amides is 1. The normalized spacial score (nSPS) is 10.3. The highest BCUT2D eigenvalue weighted by molar-refractivity contribution is 6.10. The fourth-order valence-corrected chi connectivity index (χ4v) is 2.62. The van der Waals surface area contributed by atoms with E-state index in [0.717, 1.165) is 16.7 Å². The van der Waals surface area contributed by atoms with Crippen molar-refractivity contribution in [3.05, 3.63) is 64.2 Å². The molecule has 0 saturated carbocycles. The zero-order valence-electron chi connectivity index (χ0n) is 12.8. The highest BCUT2D eigenvalue weighted by Crippen LogP contribution is 2.20. The van der Waals surface area contributed by atoms with E-state index >= 15 is 0 Å². The molecule has 0 saturated heterocycles. The maximum atomic E-state index is 12.5. The summed E-state index contributed by atoms with van der Waals surface area (Å²) in [5.41, 5.74) is 4.74. The van der Waals surface area contributed by atoms with Crippen LogP contribution in [0.5, 0.6) is 0 Å². The van der Waals surface area contributed by atoms with Gasteiger partial charge in [-0.25, -0.2) is 0 Å². The molecule has 108 valence electrons. The number of nitrogens with one attached hydrogen (secondary N) is 1. The topological polar surface area (TPSA) is 46.2 Å². The van der Waals surface area contributed by atoms with Gasteiger partial charge in [0.25, 0.3) is 5.91 Å². The van der Waals surface area contributed by atoms with Crippen LogP contribution in [0.3, 0.4) is 0 Å². The Hall–Kier alpha value is -2.42. The van der Waals surface area contributed by atoms with Gasteiger partial charge in [0.1, 0.15) is 0 Å². The minimum atomic E-state index is -0.182. The van der Waals surface area contributed by atoms with Crippen molar-refractivity contribution in [1.29, 1.82) is 0 Å². The molecule has 0 aliphatic heterocycles. The Morgan fingerprint density at radius 3 is 2.10 bits per heavy atom. The summed E-state index contributed by atoms with van der Waals surface area (Å²) >= 11 is 0. The standard InChI is InChI=1S/C18H19NO2/c1-11-9-12(2)17(13(3)10-11)18(21)19-16-8-6-5-7-15(16)14(4)20/h5-10H,1-4H3,(H,19,21). The number of hydrogen-bond acceptors (Lipinski definition) is 2. The van der Waals surface area contributed by atoms with Gasteiger partial charge in [-0.2, -0.15) is 0 Å². The van der Waals surface area contributed by atoms with Gasteiger partial charge < -0.3 is 5.32 Å². The average molecular weight is 281 g/mol. The lowest BCUT2D eigenvalue weighted by Gasteiger charge is -2.13. The van der Waals surface area contributed by atoms with Gasteiger partial charge >= 0.3 is 0 Å². The van der Waals surface area contributed by atoms with Crippen LogP contribution in [0.2, 0.25) is 0 Å². The lowest BCUT2D eigenvalue weighted by atomic mass is 9.99. The number of rotatable bonds is 3. The van der Waals surface area contributed by atoms with Crippen molar-refractivity contribution in [1.82, 2.24) is 0 Å². The van der Waals surface area contributed by atoms with E-state index in [1.807, 2.05) is 32.9 Å². The molecule has 2 aromatic carbocycles. The number of para-hydroxylation sites is 1. The lowest BCUT2D eigenvalue weighted by Crippen LogP contribution is -2.17. The SMILES string of the molecule is CC(=O)c1ccccc1NC(=O)c1c(C)cc(C)cc1C. The Morgan fingerprint density at radius 1 is 0.952 bits per heavy atom. The molecule has 0 fully saturated rings. The Labute approximate surface area is 125 Å². The number of ketones is 1. The first-order chi connectivity index (χ1) is 9.90. The number of aryl methyl sites for hydroxylation is 3.